The number of nitro groups is 1. The summed E-state index contributed by atoms with van der Waals surface area (Å²) in [6.07, 6.45) is 0. The molecule has 1 N–H and O–H groups in total. The molecule has 5 nitrogen and oxygen atoms in total. The molecule has 0 spiro atoms. The summed E-state index contributed by atoms with van der Waals surface area (Å²) >= 11 is 9.09. The summed E-state index contributed by atoms with van der Waals surface area (Å²) in [5.41, 5.74) is -0.255. The second-order valence-electron chi connectivity index (χ2n) is 4.04. The van der Waals surface area contributed by atoms with Crippen molar-refractivity contribution in [1.82, 2.24) is 0 Å². The van der Waals surface area contributed by atoms with E-state index in [9.17, 15) is 19.3 Å². The van der Waals surface area contributed by atoms with E-state index < -0.39 is 22.3 Å². The zero-order valence-electron chi connectivity index (χ0n) is 10.3. The van der Waals surface area contributed by atoms with Crippen molar-refractivity contribution in [2.45, 2.75) is 0 Å². The summed E-state index contributed by atoms with van der Waals surface area (Å²) in [5.74, 6) is -1.53. The van der Waals surface area contributed by atoms with Crippen LogP contribution in [0.5, 0.6) is 0 Å². The number of halogens is 3. The summed E-state index contributed by atoms with van der Waals surface area (Å²) in [6, 6.07) is 7.37. The molecule has 108 valence electrons. The van der Waals surface area contributed by atoms with Crippen molar-refractivity contribution in [2.24, 2.45) is 0 Å². The summed E-state index contributed by atoms with van der Waals surface area (Å²) in [5, 5.41) is 13.5. The highest BCUT2D eigenvalue weighted by molar-refractivity contribution is 9.10. The fourth-order valence-corrected chi connectivity index (χ4v) is 2.01. The highest BCUT2D eigenvalue weighted by Crippen LogP contribution is 2.26. The zero-order chi connectivity index (χ0) is 15.6. The van der Waals surface area contributed by atoms with Gasteiger partial charge in [0, 0.05) is 21.8 Å². The van der Waals surface area contributed by atoms with Crippen molar-refractivity contribution in [3.05, 3.63) is 67.4 Å². The van der Waals surface area contributed by atoms with Gasteiger partial charge in [-0.05, 0) is 40.2 Å². The van der Waals surface area contributed by atoms with Gasteiger partial charge in [-0.2, -0.15) is 0 Å². The van der Waals surface area contributed by atoms with Crippen LogP contribution in [0.15, 0.2) is 40.9 Å². The number of carbonyl (C=O) groups is 1. The third-order valence-corrected chi connectivity index (χ3v) is 3.77. The molecule has 0 atom stereocenters. The Bertz CT molecular complexity index is 739. The Morgan fingerprint density at radius 3 is 2.62 bits per heavy atom. The van der Waals surface area contributed by atoms with Gasteiger partial charge in [-0.3, -0.25) is 14.9 Å². The average Bonchev–Trinajstić information content (AvgIpc) is 2.42. The van der Waals surface area contributed by atoms with Gasteiger partial charge in [-0.25, -0.2) is 4.39 Å². The summed E-state index contributed by atoms with van der Waals surface area (Å²) < 4.78 is 13.9. The van der Waals surface area contributed by atoms with E-state index in [0.717, 1.165) is 18.2 Å². The molecule has 2 rings (SSSR count). The number of nitro benzene ring substituents is 1. The van der Waals surface area contributed by atoms with Gasteiger partial charge in [0.05, 0.1) is 16.0 Å². The van der Waals surface area contributed by atoms with Crippen LogP contribution >= 0.6 is 27.5 Å². The first-order valence-corrected chi connectivity index (χ1v) is 6.75. The number of nitrogens with zero attached hydrogens (tertiary/aromatic N) is 1. The lowest BCUT2D eigenvalue weighted by Gasteiger charge is -2.06. The predicted molar refractivity (Wildman–Crippen MR) is 80.2 cm³/mol. The Morgan fingerprint density at radius 1 is 1.29 bits per heavy atom. The Hall–Kier alpha value is -1.99. The Morgan fingerprint density at radius 2 is 2.00 bits per heavy atom. The SMILES string of the molecule is O=C(Nc1ccc(Br)c(Cl)c1)c1cc(F)cc([N+](=O)[O-])c1. The van der Waals surface area contributed by atoms with Crippen LogP contribution in [0.4, 0.5) is 15.8 Å². The summed E-state index contributed by atoms with van der Waals surface area (Å²) in [4.78, 5) is 21.9. The largest absolute Gasteiger partial charge is 0.322 e. The molecule has 0 fully saturated rings. The molecule has 8 heteroatoms. The number of rotatable bonds is 3. The molecule has 0 aliphatic heterocycles. The normalized spacial score (nSPS) is 10.2. The topological polar surface area (TPSA) is 72.2 Å². The maximum absolute atomic E-state index is 13.3. The van der Waals surface area contributed by atoms with Crippen molar-refractivity contribution >= 4 is 44.8 Å². The number of nitrogens with one attached hydrogen (secondary N) is 1. The highest BCUT2D eigenvalue weighted by Gasteiger charge is 2.15. The first-order valence-electron chi connectivity index (χ1n) is 5.58. The van der Waals surface area contributed by atoms with Crippen LogP contribution in [0.3, 0.4) is 0 Å². The highest BCUT2D eigenvalue weighted by atomic mass is 79.9. The minimum absolute atomic E-state index is 0.152. The minimum atomic E-state index is -0.858. The van der Waals surface area contributed by atoms with Gasteiger partial charge in [0.2, 0.25) is 0 Å². The molecule has 0 aromatic heterocycles. The van der Waals surface area contributed by atoms with E-state index in [2.05, 4.69) is 21.2 Å². The van der Waals surface area contributed by atoms with Gasteiger partial charge in [-0.15, -0.1) is 0 Å². The smallest absolute Gasteiger partial charge is 0.273 e. The lowest BCUT2D eigenvalue weighted by molar-refractivity contribution is -0.385. The van der Waals surface area contributed by atoms with E-state index in [-0.39, 0.29) is 5.56 Å². The lowest BCUT2D eigenvalue weighted by atomic mass is 10.1. The fraction of sp³-hybridized carbons (Fsp3) is 0. The van der Waals surface area contributed by atoms with Crippen molar-refractivity contribution < 1.29 is 14.1 Å². The summed E-state index contributed by atoms with van der Waals surface area (Å²) in [6.45, 7) is 0. The van der Waals surface area contributed by atoms with E-state index in [1.807, 2.05) is 0 Å². The second kappa shape index (κ2) is 6.19. The summed E-state index contributed by atoms with van der Waals surface area (Å²) in [7, 11) is 0. The van der Waals surface area contributed by atoms with E-state index in [0.29, 0.717) is 15.2 Å². The maximum Gasteiger partial charge on any atom is 0.273 e. The minimum Gasteiger partial charge on any atom is -0.322 e. The standard InChI is InChI=1S/C13H7BrClFN2O3/c14-11-2-1-9(6-12(11)15)17-13(19)7-3-8(16)5-10(4-7)18(20)21/h1-6H,(H,17,19). The van der Waals surface area contributed by atoms with Crippen molar-refractivity contribution in [2.75, 3.05) is 5.32 Å². The maximum atomic E-state index is 13.3. The molecule has 0 radical (unpaired) electrons. The zero-order valence-corrected chi connectivity index (χ0v) is 12.6. The third-order valence-electron chi connectivity index (χ3n) is 2.53. The predicted octanol–water partition coefficient (Wildman–Crippen LogP) is 4.40. The number of amides is 1. The van der Waals surface area contributed by atoms with E-state index in [4.69, 9.17) is 11.6 Å². The van der Waals surface area contributed by atoms with Gasteiger partial charge in [0.15, 0.2) is 0 Å². The van der Waals surface area contributed by atoms with Crippen molar-refractivity contribution in [3.63, 3.8) is 0 Å². The van der Waals surface area contributed by atoms with E-state index in [1.54, 1.807) is 12.1 Å². The third kappa shape index (κ3) is 3.77. The van der Waals surface area contributed by atoms with Gasteiger partial charge in [-0.1, -0.05) is 11.6 Å². The van der Waals surface area contributed by atoms with Crippen LogP contribution < -0.4 is 5.32 Å². The number of anilines is 1. The number of benzene rings is 2. The molecule has 1 amide bonds. The van der Waals surface area contributed by atoms with E-state index >= 15 is 0 Å². The number of non-ortho nitro benzene ring substituents is 1. The van der Waals surface area contributed by atoms with Gasteiger partial charge >= 0.3 is 0 Å². The Balaban J connectivity index is 2.27. The molecule has 2 aromatic carbocycles. The molecular formula is C13H7BrClFN2O3. The van der Waals surface area contributed by atoms with Gasteiger partial charge < -0.3 is 5.32 Å². The van der Waals surface area contributed by atoms with Crippen LogP contribution in [0, 0.1) is 15.9 Å². The lowest BCUT2D eigenvalue weighted by Crippen LogP contribution is -2.12. The molecule has 0 bridgehead atoms. The Kier molecular flexibility index (Phi) is 4.54. The fourth-order valence-electron chi connectivity index (χ4n) is 1.59. The van der Waals surface area contributed by atoms with Gasteiger partial charge in [0.25, 0.3) is 11.6 Å². The molecule has 0 saturated carbocycles. The van der Waals surface area contributed by atoms with Crippen LogP contribution in [0.2, 0.25) is 5.02 Å². The molecule has 0 saturated heterocycles. The monoisotopic (exact) mass is 372 g/mol. The molecule has 0 aliphatic carbocycles. The number of carbonyl (C=O) groups excluding carboxylic acids is 1. The molecule has 0 heterocycles. The molecular weight excluding hydrogens is 367 g/mol. The average molecular weight is 374 g/mol. The Labute approximate surface area is 132 Å². The number of hydrogen-bond donors (Lipinski definition) is 1. The van der Waals surface area contributed by atoms with Crippen LogP contribution in [0.1, 0.15) is 10.4 Å². The molecule has 21 heavy (non-hydrogen) atoms. The molecule has 2 aromatic rings. The first-order chi connectivity index (χ1) is 9.86. The number of hydrogen-bond acceptors (Lipinski definition) is 3. The quantitative estimate of drug-likeness (QED) is 0.640. The first kappa shape index (κ1) is 15.4. The van der Waals surface area contributed by atoms with Crippen molar-refractivity contribution in [3.8, 4) is 0 Å². The second-order valence-corrected chi connectivity index (χ2v) is 5.30. The molecule has 0 aliphatic rings. The van der Waals surface area contributed by atoms with Crippen LogP contribution in [-0.4, -0.2) is 10.8 Å². The molecule has 0 unspecified atom stereocenters. The van der Waals surface area contributed by atoms with E-state index in [1.165, 1.54) is 6.07 Å². The van der Waals surface area contributed by atoms with Crippen molar-refractivity contribution in [1.29, 1.82) is 0 Å². The van der Waals surface area contributed by atoms with Crippen LogP contribution in [0.25, 0.3) is 0 Å². The van der Waals surface area contributed by atoms with Gasteiger partial charge in [0.1, 0.15) is 5.82 Å². The van der Waals surface area contributed by atoms with Crippen LogP contribution in [-0.2, 0) is 0 Å².